The van der Waals surface area contributed by atoms with E-state index in [9.17, 15) is 23.1 Å². The predicted molar refractivity (Wildman–Crippen MR) is 149 cm³/mol. The van der Waals surface area contributed by atoms with Gasteiger partial charge in [-0.05, 0) is 60.9 Å². The van der Waals surface area contributed by atoms with Crippen molar-refractivity contribution in [1.82, 2.24) is 19.8 Å². The number of amides is 2. The molecule has 2 aromatic carbocycles. The van der Waals surface area contributed by atoms with Crippen molar-refractivity contribution in [2.75, 3.05) is 32.8 Å². The van der Waals surface area contributed by atoms with Gasteiger partial charge < -0.3 is 26.1 Å². The minimum atomic E-state index is -4.11. The zero-order chi connectivity index (χ0) is 27.8. The van der Waals surface area contributed by atoms with Gasteiger partial charge in [-0.15, -0.1) is 0 Å². The molecule has 1 saturated heterocycles. The van der Waals surface area contributed by atoms with Crippen LogP contribution in [0, 0.1) is 5.92 Å². The van der Waals surface area contributed by atoms with E-state index in [4.69, 9.17) is 5.84 Å². The molecule has 5 N–H and O–H groups in total. The number of aliphatic hydroxyl groups is 1. The van der Waals surface area contributed by atoms with E-state index >= 15 is 0 Å². The van der Waals surface area contributed by atoms with E-state index in [-0.39, 0.29) is 29.9 Å². The van der Waals surface area contributed by atoms with Gasteiger partial charge in [0.1, 0.15) is 12.4 Å². The number of fused-ring (bicyclic) bond motifs is 1. The molecular formula is C27H38N6O5S. The van der Waals surface area contributed by atoms with Gasteiger partial charge >= 0.3 is 0 Å². The van der Waals surface area contributed by atoms with Crippen LogP contribution in [0.5, 0.6) is 0 Å². The number of aliphatic hydroxyl groups excluding tert-OH is 1. The van der Waals surface area contributed by atoms with Crippen molar-refractivity contribution < 1.29 is 23.1 Å². The van der Waals surface area contributed by atoms with Gasteiger partial charge in [0, 0.05) is 38.8 Å². The Morgan fingerprint density at radius 3 is 2.67 bits per heavy atom. The highest BCUT2D eigenvalue weighted by atomic mass is 32.2. The summed E-state index contributed by atoms with van der Waals surface area (Å²) < 4.78 is 29.4. The Morgan fingerprint density at radius 1 is 1.18 bits per heavy atom. The molecule has 1 aliphatic heterocycles. The lowest BCUT2D eigenvalue weighted by Gasteiger charge is -2.31. The summed E-state index contributed by atoms with van der Waals surface area (Å²) in [5, 5.41) is 17.4. The maximum absolute atomic E-state index is 13.6. The third-order valence-electron chi connectivity index (χ3n) is 7.21. The van der Waals surface area contributed by atoms with Gasteiger partial charge in [-0.25, -0.2) is 8.42 Å². The molecule has 2 fully saturated rings. The van der Waals surface area contributed by atoms with Crippen LogP contribution in [0.15, 0.2) is 52.5 Å². The summed E-state index contributed by atoms with van der Waals surface area (Å²) in [6.07, 6.45) is 5.15. The Bertz CT molecular complexity index is 1280. The lowest BCUT2D eigenvalue weighted by molar-refractivity contribution is -0.136. The molecule has 0 bridgehead atoms. The third-order valence-corrected chi connectivity index (χ3v) is 8.68. The average molecular weight is 559 g/mol. The molecule has 4 rings (SSSR count). The minimum Gasteiger partial charge on any atom is -0.396 e. The van der Waals surface area contributed by atoms with Crippen molar-refractivity contribution in [3.8, 4) is 0 Å². The Balaban J connectivity index is 1.48. The smallest absolute Gasteiger partial charge is 0.241 e. The van der Waals surface area contributed by atoms with E-state index in [1.165, 1.54) is 6.07 Å². The molecule has 0 aromatic heterocycles. The van der Waals surface area contributed by atoms with Crippen molar-refractivity contribution in [3.63, 3.8) is 0 Å². The molecular weight excluding hydrogens is 520 g/mol. The van der Waals surface area contributed by atoms with E-state index < -0.39 is 27.9 Å². The second-order valence-corrected chi connectivity index (χ2v) is 12.0. The number of sulfonamides is 1. The van der Waals surface area contributed by atoms with E-state index in [0.29, 0.717) is 26.1 Å². The number of hydrogen-bond donors (Lipinski definition) is 4. The first-order valence-electron chi connectivity index (χ1n) is 13.5. The largest absolute Gasteiger partial charge is 0.396 e. The Morgan fingerprint density at radius 2 is 1.95 bits per heavy atom. The number of carbonyl (C=O) groups excluding carboxylic acids is 2. The van der Waals surface area contributed by atoms with Gasteiger partial charge in [0.05, 0.1) is 11.3 Å². The Labute approximate surface area is 229 Å². The van der Waals surface area contributed by atoms with Crippen molar-refractivity contribution in [2.45, 2.75) is 55.5 Å². The lowest BCUT2D eigenvalue weighted by Crippen LogP contribution is -2.51. The summed E-state index contributed by atoms with van der Waals surface area (Å²) in [4.78, 5) is 30.2. The zero-order valence-electron chi connectivity index (χ0n) is 22.0. The maximum atomic E-state index is 13.6. The second-order valence-electron chi connectivity index (χ2n) is 10.3. The van der Waals surface area contributed by atoms with Gasteiger partial charge in [-0.1, -0.05) is 30.3 Å². The molecule has 39 heavy (non-hydrogen) atoms. The molecule has 12 heteroatoms. The molecule has 2 aromatic rings. The van der Waals surface area contributed by atoms with Crippen LogP contribution < -0.4 is 15.9 Å². The Hall–Kier alpha value is -3.22. The van der Waals surface area contributed by atoms with E-state index in [1.54, 1.807) is 23.4 Å². The van der Waals surface area contributed by atoms with E-state index in [0.717, 1.165) is 43.0 Å². The van der Waals surface area contributed by atoms with Crippen LogP contribution >= 0.6 is 0 Å². The van der Waals surface area contributed by atoms with E-state index in [1.807, 2.05) is 29.2 Å². The van der Waals surface area contributed by atoms with Gasteiger partial charge in [0.15, 0.2) is 0 Å². The van der Waals surface area contributed by atoms with Gasteiger partial charge in [-0.3, -0.25) is 9.59 Å². The number of rotatable bonds is 13. The number of nitrogens with zero attached hydrogens (tertiary/aromatic N) is 3. The van der Waals surface area contributed by atoms with Crippen molar-refractivity contribution in [1.29, 1.82) is 0 Å². The highest BCUT2D eigenvalue weighted by Crippen LogP contribution is 2.28. The number of hydrogen-bond acceptors (Lipinski definition) is 7. The second kappa shape index (κ2) is 13.2. The fraction of sp³-hybridized carbons (Fsp3) is 0.519. The molecule has 212 valence electrons. The average Bonchev–Trinajstić information content (AvgIpc) is 3.77. The maximum Gasteiger partial charge on any atom is 0.241 e. The topological polar surface area (TPSA) is 157 Å². The highest BCUT2D eigenvalue weighted by molar-refractivity contribution is 7.89. The van der Waals surface area contributed by atoms with Crippen LogP contribution in [0.2, 0.25) is 0 Å². The van der Waals surface area contributed by atoms with Crippen LogP contribution in [0.3, 0.4) is 0 Å². The number of nitrogens with two attached hydrogens (primary N) is 1. The molecule has 0 spiro atoms. The monoisotopic (exact) mass is 558 g/mol. The Kier molecular flexibility index (Phi) is 9.76. The van der Waals surface area contributed by atoms with Gasteiger partial charge in [0.25, 0.3) is 0 Å². The van der Waals surface area contributed by atoms with Crippen molar-refractivity contribution in [3.05, 3.63) is 42.5 Å². The van der Waals surface area contributed by atoms with Gasteiger partial charge in [-0.2, -0.15) is 9.82 Å². The van der Waals surface area contributed by atoms with Crippen LogP contribution in [-0.2, 0) is 19.6 Å². The number of likely N-dealkylation sites (tertiary alicyclic amines) is 1. The molecule has 1 aliphatic carbocycles. The first-order valence-corrected chi connectivity index (χ1v) is 15.0. The van der Waals surface area contributed by atoms with Gasteiger partial charge in [0.2, 0.25) is 21.8 Å². The minimum absolute atomic E-state index is 0.00258. The summed E-state index contributed by atoms with van der Waals surface area (Å²) in [5.41, 5.74) is 0. The van der Waals surface area contributed by atoms with Crippen molar-refractivity contribution in [2.24, 2.45) is 16.9 Å². The SMILES string of the molecule is N/N=C\N1CCCC(CNC(=O)C[C@H](NS(=O)(=O)c2ccc3ccccc3c2)C(=O)N(CCCO)C2CC2)C1. The first-order chi connectivity index (χ1) is 18.8. The zero-order valence-corrected chi connectivity index (χ0v) is 22.9. The normalized spacial score (nSPS) is 18.8. The lowest BCUT2D eigenvalue weighted by atomic mass is 9.98. The predicted octanol–water partition coefficient (Wildman–Crippen LogP) is 0.980. The molecule has 1 unspecified atom stereocenters. The molecule has 2 aliphatic rings. The van der Waals surface area contributed by atoms with Crippen LogP contribution in [0.25, 0.3) is 10.8 Å². The summed E-state index contributed by atoms with van der Waals surface area (Å²) in [7, 11) is -4.11. The summed E-state index contributed by atoms with van der Waals surface area (Å²) in [6, 6.07) is 10.9. The van der Waals surface area contributed by atoms with E-state index in [2.05, 4.69) is 15.1 Å². The highest BCUT2D eigenvalue weighted by Gasteiger charge is 2.38. The molecule has 1 saturated carbocycles. The summed E-state index contributed by atoms with van der Waals surface area (Å²) in [5.74, 6) is 4.60. The number of carbonyl (C=O) groups is 2. The van der Waals surface area contributed by atoms with Crippen LogP contribution in [-0.4, -0.2) is 86.3 Å². The number of nitrogens with one attached hydrogen (secondary N) is 2. The molecule has 1 heterocycles. The standard InChI is InChI=1S/C27H38N6O5S/c28-30-19-32-12-3-5-20(18-32)17-29-26(35)16-25(27(36)33(13-4-14-34)23-9-10-23)31-39(37,38)24-11-8-21-6-1-2-7-22(21)15-24/h1-2,6-8,11,15,19-20,23,25,31,34H,3-5,9-10,12-14,16-18,28H2,(H,29,35)/b30-19-/t20?,25-/m0/s1. The van der Waals surface area contributed by atoms with Crippen LogP contribution in [0.1, 0.15) is 38.5 Å². The quantitative estimate of drug-likeness (QED) is 0.124. The first kappa shape index (κ1) is 28.8. The fourth-order valence-corrected chi connectivity index (χ4v) is 6.27. The summed E-state index contributed by atoms with van der Waals surface area (Å²) >= 11 is 0. The summed E-state index contributed by atoms with van der Waals surface area (Å²) in [6.45, 7) is 2.18. The molecule has 2 atom stereocenters. The van der Waals surface area contributed by atoms with Crippen LogP contribution in [0.4, 0.5) is 0 Å². The number of hydrazone groups is 1. The van der Waals surface area contributed by atoms with Crippen molar-refractivity contribution >= 4 is 38.9 Å². The number of benzene rings is 2. The number of piperidine rings is 1. The third kappa shape index (κ3) is 7.90. The molecule has 11 nitrogen and oxygen atoms in total. The molecule has 2 amide bonds. The molecule has 0 radical (unpaired) electrons. The fourth-order valence-electron chi connectivity index (χ4n) is 5.05.